The van der Waals surface area contributed by atoms with Crippen LogP contribution in [0.4, 0.5) is 0 Å². The van der Waals surface area contributed by atoms with Crippen molar-refractivity contribution in [3.8, 4) is 0 Å². The van der Waals surface area contributed by atoms with E-state index < -0.39 is 0 Å². The van der Waals surface area contributed by atoms with Crippen LogP contribution in [0.5, 0.6) is 0 Å². The second-order valence-electron chi connectivity index (χ2n) is 2.99. The highest BCUT2D eigenvalue weighted by Crippen LogP contribution is 2.10. The zero-order chi connectivity index (χ0) is 8.10. The molecule has 70 valence electrons. The first-order valence-corrected chi connectivity index (χ1v) is 4.84. The summed E-state index contributed by atoms with van der Waals surface area (Å²) < 4.78 is 0. The van der Waals surface area contributed by atoms with E-state index >= 15 is 0 Å². The summed E-state index contributed by atoms with van der Waals surface area (Å²) in [7, 11) is 4.24. The summed E-state index contributed by atoms with van der Waals surface area (Å²) in [6, 6.07) is 4.33. The summed E-state index contributed by atoms with van der Waals surface area (Å²) in [5.74, 6) is 0. The Morgan fingerprint density at radius 3 is 2.67 bits per heavy atom. The number of nitrogens with zero attached hydrogens (tertiary/aromatic N) is 1. The van der Waals surface area contributed by atoms with Gasteiger partial charge in [-0.05, 0) is 44.9 Å². The molecule has 0 amide bonds. The molecule has 0 aliphatic heterocycles. The molecule has 0 aliphatic rings. The van der Waals surface area contributed by atoms with Crippen molar-refractivity contribution in [2.75, 3.05) is 20.6 Å². The van der Waals surface area contributed by atoms with Crippen LogP contribution in [0.3, 0.4) is 0 Å². The first-order valence-electron chi connectivity index (χ1n) is 3.96. The van der Waals surface area contributed by atoms with Crippen LogP contribution in [-0.4, -0.2) is 25.5 Å². The average Bonchev–Trinajstić information content (AvgIpc) is 2.39. The molecule has 0 aromatic carbocycles. The lowest BCUT2D eigenvalue weighted by Gasteiger charge is -2.07. The molecule has 0 N–H and O–H groups in total. The van der Waals surface area contributed by atoms with Gasteiger partial charge in [-0.1, -0.05) is 6.07 Å². The molecule has 0 spiro atoms. The van der Waals surface area contributed by atoms with Gasteiger partial charge < -0.3 is 4.90 Å². The summed E-state index contributed by atoms with van der Waals surface area (Å²) in [5, 5.41) is 2.14. The molecule has 0 radical (unpaired) electrons. The molecule has 0 bridgehead atoms. The Hall–Kier alpha value is -0.0500. The molecule has 0 saturated carbocycles. The average molecular weight is 206 g/mol. The molecule has 0 atom stereocenters. The van der Waals surface area contributed by atoms with Crippen molar-refractivity contribution in [2.24, 2.45) is 0 Å². The second-order valence-corrected chi connectivity index (χ2v) is 4.02. The standard InChI is InChI=1S/C9H15NS.ClH/c1-10(2)7-3-5-9-6-4-8-11-9;/h4,6,8H,3,5,7H2,1-2H3;1H. The van der Waals surface area contributed by atoms with E-state index in [4.69, 9.17) is 0 Å². The van der Waals surface area contributed by atoms with E-state index in [1.54, 1.807) is 0 Å². The number of halogens is 1. The number of hydrogen-bond acceptors (Lipinski definition) is 2. The predicted octanol–water partition coefficient (Wildman–Crippen LogP) is 2.66. The molecule has 1 nitrogen and oxygen atoms in total. The molecule has 1 aromatic heterocycles. The summed E-state index contributed by atoms with van der Waals surface area (Å²) in [6.45, 7) is 1.19. The highest BCUT2D eigenvalue weighted by molar-refractivity contribution is 7.09. The molecular formula is C9H16ClNS. The Morgan fingerprint density at radius 1 is 1.42 bits per heavy atom. The first-order chi connectivity index (χ1) is 5.29. The fourth-order valence-electron chi connectivity index (χ4n) is 1.02. The molecule has 12 heavy (non-hydrogen) atoms. The van der Waals surface area contributed by atoms with Crippen LogP contribution < -0.4 is 0 Å². The van der Waals surface area contributed by atoms with Gasteiger partial charge in [-0.25, -0.2) is 0 Å². The van der Waals surface area contributed by atoms with Gasteiger partial charge in [-0.3, -0.25) is 0 Å². The minimum atomic E-state index is 0. The van der Waals surface area contributed by atoms with E-state index in [1.807, 2.05) is 11.3 Å². The van der Waals surface area contributed by atoms with Gasteiger partial charge in [-0.2, -0.15) is 0 Å². The third-order valence-electron chi connectivity index (χ3n) is 1.61. The number of aryl methyl sites for hydroxylation is 1. The molecule has 0 saturated heterocycles. The minimum absolute atomic E-state index is 0. The Labute approximate surface area is 84.8 Å². The molecule has 0 unspecified atom stereocenters. The predicted molar refractivity (Wildman–Crippen MR) is 58.4 cm³/mol. The summed E-state index contributed by atoms with van der Waals surface area (Å²) in [4.78, 5) is 3.74. The number of rotatable bonds is 4. The lowest BCUT2D eigenvalue weighted by Crippen LogP contribution is -2.13. The van der Waals surface area contributed by atoms with Crippen LogP contribution in [0.25, 0.3) is 0 Å². The zero-order valence-electron chi connectivity index (χ0n) is 7.62. The van der Waals surface area contributed by atoms with Gasteiger partial charge in [0.15, 0.2) is 0 Å². The van der Waals surface area contributed by atoms with Gasteiger partial charge in [0.2, 0.25) is 0 Å². The minimum Gasteiger partial charge on any atom is -0.309 e. The van der Waals surface area contributed by atoms with Gasteiger partial charge >= 0.3 is 0 Å². The van der Waals surface area contributed by atoms with E-state index in [9.17, 15) is 0 Å². The fraction of sp³-hybridized carbons (Fsp3) is 0.556. The molecule has 0 aliphatic carbocycles. The molecule has 1 heterocycles. The van der Waals surface area contributed by atoms with Crippen LogP contribution in [0.2, 0.25) is 0 Å². The monoisotopic (exact) mass is 205 g/mol. The maximum Gasteiger partial charge on any atom is 0.00457 e. The molecule has 1 aromatic rings. The third-order valence-corrected chi connectivity index (χ3v) is 2.54. The van der Waals surface area contributed by atoms with Crippen molar-refractivity contribution in [2.45, 2.75) is 12.8 Å². The first kappa shape index (κ1) is 11.9. The molecule has 3 heteroatoms. The van der Waals surface area contributed by atoms with Crippen molar-refractivity contribution < 1.29 is 0 Å². The van der Waals surface area contributed by atoms with E-state index in [0.29, 0.717) is 0 Å². The Morgan fingerprint density at radius 2 is 2.17 bits per heavy atom. The van der Waals surface area contributed by atoms with Gasteiger partial charge in [0.1, 0.15) is 0 Å². The lowest BCUT2D eigenvalue weighted by atomic mass is 10.2. The van der Waals surface area contributed by atoms with Crippen LogP contribution in [-0.2, 0) is 6.42 Å². The molecule has 0 fully saturated rings. The third kappa shape index (κ3) is 4.75. The van der Waals surface area contributed by atoms with Crippen molar-refractivity contribution in [3.63, 3.8) is 0 Å². The SMILES string of the molecule is CN(C)CCCc1cccs1.Cl. The normalized spacial score (nSPS) is 9.92. The Balaban J connectivity index is 0.00000121. The van der Waals surface area contributed by atoms with E-state index in [0.717, 1.165) is 0 Å². The van der Waals surface area contributed by atoms with Crippen LogP contribution in [0, 0.1) is 0 Å². The quantitative estimate of drug-likeness (QED) is 0.731. The highest BCUT2D eigenvalue weighted by Gasteiger charge is 1.94. The van der Waals surface area contributed by atoms with Gasteiger partial charge in [0, 0.05) is 4.88 Å². The summed E-state index contributed by atoms with van der Waals surface area (Å²) >= 11 is 1.86. The van der Waals surface area contributed by atoms with Crippen molar-refractivity contribution in [3.05, 3.63) is 22.4 Å². The van der Waals surface area contributed by atoms with Crippen molar-refractivity contribution in [1.82, 2.24) is 4.90 Å². The lowest BCUT2D eigenvalue weighted by molar-refractivity contribution is 0.401. The fourth-order valence-corrected chi connectivity index (χ4v) is 1.78. The van der Waals surface area contributed by atoms with E-state index in [1.165, 1.54) is 24.3 Å². The second kappa shape index (κ2) is 6.46. The Bertz CT molecular complexity index is 184. The summed E-state index contributed by atoms with van der Waals surface area (Å²) in [5.41, 5.74) is 0. The smallest absolute Gasteiger partial charge is 0.00457 e. The van der Waals surface area contributed by atoms with Gasteiger partial charge in [0.25, 0.3) is 0 Å². The van der Waals surface area contributed by atoms with Crippen molar-refractivity contribution >= 4 is 23.7 Å². The maximum absolute atomic E-state index is 2.23. The van der Waals surface area contributed by atoms with Crippen LogP contribution >= 0.6 is 23.7 Å². The number of hydrogen-bond donors (Lipinski definition) is 0. The largest absolute Gasteiger partial charge is 0.309 e. The van der Waals surface area contributed by atoms with E-state index in [-0.39, 0.29) is 12.4 Å². The zero-order valence-corrected chi connectivity index (χ0v) is 9.25. The maximum atomic E-state index is 2.23. The topological polar surface area (TPSA) is 3.24 Å². The molecule has 1 rings (SSSR count). The van der Waals surface area contributed by atoms with Crippen LogP contribution in [0.15, 0.2) is 17.5 Å². The van der Waals surface area contributed by atoms with Crippen LogP contribution in [0.1, 0.15) is 11.3 Å². The highest BCUT2D eigenvalue weighted by atomic mass is 35.5. The Kier molecular flexibility index (Phi) is 6.44. The number of thiophene rings is 1. The van der Waals surface area contributed by atoms with Gasteiger partial charge in [-0.15, -0.1) is 23.7 Å². The van der Waals surface area contributed by atoms with E-state index in [2.05, 4.69) is 36.5 Å². The van der Waals surface area contributed by atoms with Gasteiger partial charge in [0.05, 0.1) is 0 Å². The molecular weight excluding hydrogens is 190 g/mol. The summed E-state index contributed by atoms with van der Waals surface area (Å²) in [6.07, 6.45) is 2.50. The van der Waals surface area contributed by atoms with Crippen molar-refractivity contribution in [1.29, 1.82) is 0 Å².